The molecular formula is C15H15BrFNO2. The van der Waals surface area contributed by atoms with Gasteiger partial charge in [0.05, 0.1) is 17.6 Å². The molecule has 0 aliphatic carbocycles. The van der Waals surface area contributed by atoms with Crippen LogP contribution in [0, 0.1) is 5.82 Å². The van der Waals surface area contributed by atoms with E-state index in [4.69, 9.17) is 4.74 Å². The summed E-state index contributed by atoms with van der Waals surface area (Å²) in [5.41, 5.74) is 1.34. The number of ether oxygens (including phenoxy) is 1. The van der Waals surface area contributed by atoms with Crippen LogP contribution in [0.2, 0.25) is 0 Å². The standard InChI is InChI=1S/C15H15BrFNO2/c1-9(12-5-4-11(19)8-14(12)17)18-10-3-6-15(20-2)13(16)7-10/h3-9,18-19H,1-2H3. The number of hydrogen-bond acceptors (Lipinski definition) is 3. The Morgan fingerprint density at radius 2 is 2.00 bits per heavy atom. The van der Waals surface area contributed by atoms with Crippen LogP contribution >= 0.6 is 15.9 Å². The minimum atomic E-state index is -0.433. The van der Waals surface area contributed by atoms with Crippen molar-refractivity contribution in [1.29, 1.82) is 0 Å². The molecule has 0 aromatic heterocycles. The highest BCUT2D eigenvalue weighted by atomic mass is 79.9. The van der Waals surface area contributed by atoms with Crippen LogP contribution in [0.3, 0.4) is 0 Å². The highest BCUT2D eigenvalue weighted by molar-refractivity contribution is 9.10. The SMILES string of the molecule is COc1ccc(NC(C)c2ccc(O)cc2F)cc1Br. The van der Waals surface area contributed by atoms with E-state index in [1.54, 1.807) is 13.2 Å². The van der Waals surface area contributed by atoms with Gasteiger partial charge in [-0.1, -0.05) is 6.07 Å². The molecule has 3 nitrogen and oxygen atoms in total. The topological polar surface area (TPSA) is 41.5 Å². The lowest BCUT2D eigenvalue weighted by atomic mass is 10.1. The number of rotatable bonds is 4. The molecule has 0 radical (unpaired) electrons. The van der Waals surface area contributed by atoms with Crippen LogP contribution in [0.25, 0.3) is 0 Å². The average Bonchev–Trinajstić information content (AvgIpc) is 2.38. The van der Waals surface area contributed by atoms with Gasteiger partial charge in [0.25, 0.3) is 0 Å². The smallest absolute Gasteiger partial charge is 0.133 e. The van der Waals surface area contributed by atoms with Gasteiger partial charge < -0.3 is 15.2 Å². The van der Waals surface area contributed by atoms with Crippen molar-refractivity contribution in [2.24, 2.45) is 0 Å². The molecule has 20 heavy (non-hydrogen) atoms. The van der Waals surface area contributed by atoms with E-state index < -0.39 is 5.82 Å². The van der Waals surface area contributed by atoms with Crippen molar-refractivity contribution in [2.75, 3.05) is 12.4 Å². The molecule has 0 aliphatic rings. The summed E-state index contributed by atoms with van der Waals surface area (Å²) in [6.07, 6.45) is 0. The van der Waals surface area contributed by atoms with Crippen molar-refractivity contribution in [3.63, 3.8) is 0 Å². The first-order chi connectivity index (χ1) is 9.51. The third-order valence-electron chi connectivity index (χ3n) is 2.99. The summed E-state index contributed by atoms with van der Waals surface area (Å²) < 4.78 is 19.8. The Hall–Kier alpha value is -1.75. The third-order valence-corrected chi connectivity index (χ3v) is 3.61. The number of methoxy groups -OCH3 is 1. The number of phenols is 1. The van der Waals surface area contributed by atoms with Gasteiger partial charge in [-0.05, 0) is 47.1 Å². The molecule has 2 aromatic rings. The largest absolute Gasteiger partial charge is 0.508 e. The lowest BCUT2D eigenvalue weighted by Crippen LogP contribution is -2.08. The van der Waals surface area contributed by atoms with Crippen LogP contribution in [0.5, 0.6) is 11.5 Å². The van der Waals surface area contributed by atoms with Crippen molar-refractivity contribution in [3.8, 4) is 11.5 Å². The minimum Gasteiger partial charge on any atom is -0.508 e. The maximum atomic E-state index is 13.8. The number of nitrogens with one attached hydrogen (secondary N) is 1. The molecule has 0 aliphatic heterocycles. The van der Waals surface area contributed by atoms with E-state index in [0.717, 1.165) is 22.0 Å². The number of halogens is 2. The van der Waals surface area contributed by atoms with E-state index in [0.29, 0.717) is 5.56 Å². The first kappa shape index (κ1) is 14.7. The monoisotopic (exact) mass is 339 g/mol. The maximum absolute atomic E-state index is 13.8. The second-order valence-electron chi connectivity index (χ2n) is 4.42. The molecule has 0 fully saturated rings. The van der Waals surface area contributed by atoms with Gasteiger partial charge in [-0.15, -0.1) is 0 Å². The lowest BCUT2D eigenvalue weighted by molar-refractivity contribution is 0.412. The van der Waals surface area contributed by atoms with Gasteiger partial charge >= 0.3 is 0 Å². The molecule has 106 valence electrons. The number of benzene rings is 2. The van der Waals surface area contributed by atoms with E-state index in [-0.39, 0.29) is 11.8 Å². The number of phenolic OH excluding ortho intramolecular Hbond substituents is 1. The summed E-state index contributed by atoms with van der Waals surface area (Å²) in [7, 11) is 1.60. The van der Waals surface area contributed by atoms with Gasteiger partial charge in [0.1, 0.15) is 17.3 Å². The maximum Gasteiger partial charge on any atom is 0.133 e. The highest BCUT2D eigenvalue weighted by Crippen LogP contribution is 2.30. The molecular weight excluding hydrogens is 325 g/mol. The van der Waals surface area contributed by atoms with Crippen molar-refractivity contribution < 1.29 is 14.2 Å². The Bertz CT molecular complexity index is 619. The van der Waals surface area contributed by atoms with Gasteiger partial charge in [0.15, 0.2) is 0 Å². The Labute approximate surface area is 125 Å². The lowest BCUT2D eigenvalue weighted by Gasteiger charge is -2.17. The number of anilines is 1. The molecule has 2 rings (SSSR count). The molecule has 2 aromatic carbocycles. The van der Waals surface area contributed by atoms with Gasteiger partial charge in [-0.2, -0.15) is 0 Å². The average molecular weight is 340 g/mol. The fourth-order valence-corrected chi connectivity index (χ4v) is 2.49. The summed E-state index contributed by atoms with van der Waals surface area (Å²) in [4.78, 5) is 0. The normalized spacial score (nSPS) is 12.0. The summed E-state index contributed by atoms with van der Waals surface area (Å²) in [5, 5.41) is 12.4. The first-order valence-corrected chi connectivity index (χ1v) is 6.89. The van der Waals surface area contributed by atoms with Crippen molar-refractivity contribution in [2.45, 2.75) is 13.0 Å². The fraction of sp³-hybridized carbons (Fsp3) is 0.200. The van der Waals surface area contributed by atoms with E-state index in [2.05, 4.69) is 21.2 Å². The zero-order valence-electron chi connectivity index (χ0n) is 11.2. The van der Waals surface area contributed by atoms with Crippen LogP contribution in [-0.4, -0.2) is 12.2 Å². The van der Waals surface area contributed by atoms with Crippen molar-refractivity contribution in [1.82, 2.24) is 0 Å². The molecule has 0 heterocycles. The Balaban J connectivity index is 2.18. The molecule has 0 amide bonds. The van der Waals surface area contributed by atoms with Crippen LogP contribution in [0.1, 0.15) is 18.5 Å². The van der Waals surface area contributed by atoms with E-state index in [1.165, 1.54) is 6.07 Å². The van der Waals surface area contributed by atoms with E-state index in [9.17, 15) is 9.50 Å². The molecule has 0 bridgehead atoms. The predicted octanol–water partition coefficient (Wildman–Crippen LogP) is 4.48. The molecule has 2 N–H and O–H groups in total. The van der Waals surface area contributed by atoms with Gasteiger partial charge in [-0.25, -0.2) is 4.39 Å². The molecule has 0 spiro atoms. The molecule has 0 saturated carbocycles. The van der Waals surface area contributed by atoms with Crippen LogP contribution in [-0.2, 0) is 0 Å². The Kier molecular flexibility index (Phi) is 4.49. The van der Waals surface area contributed by atoms with Gasteiger partial charge in [-0.3, -0.25) is 0 Å². The predicted molar refractivity (Wildman–Crippen MR) is 80.8 cm³/mol. The van der Waals surface area contributed by atoms with Crippen LogP contribution in [0.15, 0.2) is 40.9 Å². The molecule has 1 unspecified atom stereocenters. The minimum absolute atomic E-state index is 0.0781. The fourth-order valence-electron chi connectivity index (χ4n) is 1.95. The van der Waals surface area contributed by atoms with Gasteiger partial charge in [0, 0.05) is 17.3 Å². The Morgan fingerprint density at radius 1 is 1.25 bits per heavy atom. The summed E-state index contributed by atoms with van der Waals surface area (Å²) >= 11 is 3.41. The van der Waals surface area contributed by atoms with Crippen LogP contribution < -0.4 is 10.1 Å². The highest BCUT2D eigenvalue weighted by Gasteiger charge is 2.12. The van der Waals surface area contributed by atoms with Crippen molar-refractivity contribution in [3.05, 3.63) is 52.3 Å². The quantitative estimate of drug-likeness (QED) is 0.863. The Morgan fingerprint density at radius 3 is 2.60 bits per heavy atom. The molecule has 1 atom stereocenters. The van der Waals surface area contributed by atoms with Crippen molar-refractivity contribution >= 4 is 21.6 Å². The second-order valence-corrected chi connectivity index (χ2v) is 5.28. The number of hydrogen-bond donors (Lipinski definition) is 2. The summed E-state index contributed by atoms with van der Waals surface area (Å²) in [6.45, 7) is 1.85. The molecule has 5 heteroatoms. The molecule has 0 saturated heterocycles. The third kappa shape index (κ3) is 3.22. The first-order valence-electron chi connectivity index (χ1n) is 6.09. The second kappa shape index (κ2) is 6.13. The summed E-state index contributed by atoms with van der Waals surface area (Å²) in [6, 6.07) is 9.48. The van der Waals surface area contributed by atoms with Crippen LogP contribution in [0.4, 0.5) is 10.1 Å². The van der Waals surface area contributed by atoms with E-state index >= 15 is 0 Å². The van der Waals surface area contributed by atoms with E-state index in [1.807, 2.05) is 25.1 Å². The zero-order chi connectivity index (χ0) is 14.7. The van der Waals surface area contributed by atoms with Gasteiger partial charge in [0.2, 0.25) is 0 Å². The zero-order valence-corrected chi connectivity index (χ0v) is 12.7. The number of aromatic hydroxyl groups is 1. The summed E-state index contributed by atoms with van der Waals surface area (Å²) in [5.74, 6) is 0.224.